The van der Waals surface area contributed by atoms with Crippen molar-refractivity contribution >= 4 is 38.8 Å². The molecule has 1 aromatic heterocycles. The van der Waals surface area contributed by atoms with Crippen LogP contribution in [0.25, 0.3) is 11.1 Å². The maximum absolute atomic E-state index is 11.5. The Morgan fingerprint density at radius 3 is 2.37 bits per heavy atom. The molecule has 2 aromatic carbocycles. The Morgan fingerprint density at radius 1 is 1.11 bits per heavy atom. The summed E-state index contributed by atoms with van der Waals surface area (Å²) in [5.41, 5.74) is 2.00. The van der Waals surface area contributed by atoms with Gasteiger partial charge in [-0.1, -0.05) is 11.6 Å². The molecule has 0 atom stereocenters. The van der Waals surface area contributed by atoms with E-state index < -0.39 is 10.1 Å². The molecule has 35 heavy (non-hydrogen) atoms. The quantitative estimate of drug-likeness (QED) is 0.388. The molecule has 2 heterocycles. The summed E-state index contributed by atoms with van der Waals surface area (Å²) < 4.78 is 45.7. The third-order valence-corrected chi connectivity index (χ3v) is 6.48. The van der Waals surface area contributed by atoms with Gasteiger partial charge in [0.05, 0.1) is 19.5 Å². The van der Waals surface area contributed by atoms with E-state index in [0.29, 0.717) is 53.4 Å². The van der Waals surface area contributed by atoms with Crippen LogP contribution in [-0.4, -0.2) is 52.0 Å². The minimum Gasteiger partial charge on any atom is -0.492 e. The lowest BCUT2D eigenvalue weighted by Crippen LogP contribution is -2.43. The van der Waals surface area contributed by atoms with Gasteiger partial charge in [-0.15, -0.1) is 0 Å². The van der Waals surface area contributed by atoms with Gasteiger partial charge in [0.2, 0.25) is 0 Å². The molecule has 11 heteroatoms. The standard InChI is InChI=1S/C24H30ClN3O6S/c1-4-31-21-12-16(13-22(23(21)25)32-5-2)15-28(17-8-10-26-11-9-17)24-27-19-14-18(34-35(3,29)30)6-7-20(19)33-24/h6-7,12-14,17,26H,4-5,8-11,15H2,1-3H3. The lowest BCUT2D eigenvalue weighted by atomic mass is 10.0. The first-order valence-electron chi connectivity index (χ1n) is 11.6. The van der Waals surface area contributed by atoms with Crippen LogP contribution in [-0.2, 0) is 16.7 Å². The van der Waals surface area contributed by atoms with E-state index in [4.69, 9.17) is 29.7 Å². The molecule has 0 amide bonds. The number of anilines is 1. The van der Waals surface area contributed by atoms with Crippen molar-refractivity contribution in [3.8, 4) is 17.2 Å². The first kappa shape index (κ1) is 25.4. The number of oxazole rings is 1. The normalized spacial score (nSPS) is 14.7. The number of piperidine rings is 1. The van der Waals surface area contributed by atoms with E-state index in [1.807, 2.05) is 26.0 Å². The van der Waals surface area contributed by atoms with E-state index in [0.717, 1.165) is 37.8 Å². The molecule has 1 aliphatic heterocycles. The average molecular weight is 524 g/mol. The number of benzene rings is 2. The van der Waals surface area contributed by atoms with Crippen LogP contribution >= 0.6 is 11.6 Å². The van der Waals surface area contributed by atoms with Crippen molar-refractivity contribution in [2.45, 2.75) is 39.3 Å². The van der Waals surface area contributed by atoms with Crippen LogP contribution in [0.2, 0.25) is 5.02 Å². The van der Waals surface area contributed by atoms with E-state index in [1.54, 1.807) is 18.2 Å². The summed E-state index contributed by atoms with van der Waals surface area (Å²) in [5, 5.41) is 3.84. The Balaban J connectivity index is 1.71. The van der Waals surface area contributed by atoms with Crippen molar-refractivity contribution in [1.82, 2.24) is 10.3 Å². The van der Waals surface area contributed by atoms with Gasteiger partial charge in [0, 0.05) is 18.7 Å². The monoisotopic (exact) mass is 523 g/mol. The van der Waals surface area contributed by atoms with Crippen molar-refractivity contribution in [3.05, 3.63) is 40.9 Å². The van der Waals surface area contributed by atoms with Crippen LogP contribution < -0.4 is 23.9 Å². The molecule has 0 aliphatic carbocycles. The summed E-state index contributed by atoms with van der Waals surface area (Å²) in [6.07, 6.45) is 2.85. The summed E-state index contributed by atoms with van der Waals surface area (Å²) in [6.45, 7) is 7.06. The third-order valence-electron chi connectivity index (χ3n) is 5.61. The van der Waals surface area contributed by atoms with Gasteiger partial charge >= 0.3 is 10.1 Å². The fourth-order valence-corrected chi connectivity index (χ4v) is 4.82. The summed E-state index contributed by atoms with van der Waals surface area (Å²) in [4.78, 5) is 6.82. The third kappa shape index (κ3) is 6.31. The minimum absolute atomic E-state index is 0.189. The maximum atomic E-state index is 11.5. The zero-order chi connectivity index (χ0) is 25.0. The molecule has 1 fully saturated rings. The van der Waals surface area contributed by atoms with Crippen LogP contribution in [0.4, 0.5) is 6.01 Å². The number of halogens is 1. The number of nitrogens with zero attached hydrogens (tertiary/aromatic N) is 2. The molecule has 190 valence electrons. The van der Waals surface area contributed by atoms with Gasteiger partial charge in [-0.3, -0.25) is 0 Å². The van der Waals surface area contributed by atoms with Gasteiger partial charge in [-0.05, 0) is 69.6 Å². The molecule has 4 rings (SSSR count). The predicted molar refractivity (Wildman–Crippen MR) is 135 cm³/mol. The molecule has 0 spiro atoms. The van der Waals surface area contributed by atoms with Crippen LogP contribution in [0.15, 0.2) is 34.7 Å². The smallest absolute Gasteiger partial charge is 0.306 e. The Labute approximate surface area is 210 Å². The Bertz CT molecular complexity index is 1250. The number of nitrogens with one attached hydrogen (secondary N) is 1. The number of fused-ring (bicyclic) bond motifs is 1. The molecule has 1 saturated heterocycles. The molecule has 0 saturated carbocycles. The molecule has 9 nitrogen and oxygen atoms in total. The second-order valence-corrected chi connectivity index (χ2v) is 10.2. The SMILES string of the molecule is CCOc1cc(CN(c2nc3cc(OS(C)(=O)=O)ccc3o2)C2CCNCC2)cc(OCC)c1Cl. The second kappa shape index (κ2) is 10.9. The lowest BCUT2D eigenvalue weighted by molar-refractivity contribution is 0.322. The van der Waals surface area contributed by atoms with Crippen molar-refractivity contribution < 1.29 is 26.5 Å². The van der Waals surface area contributed by atoms with Crippen LogP contribution in [0.3, 0.4) is 0 Å². The molecule has 0 bridgehead atoms. The second-order valence-electron chi connectivity index (χ2n) is 8.29. The zero-order valence-corrected chi connectivity index (χ0v) is 21.6. The largest absolute Gasteiger partial charge is 0.492 e. The molecule has 1 N–H and O–H groups in total. The number of hydrogen-bond acceptors (Lipinski definition) is 9. The lowest BCUT2D eigenvalue weighted by Gasteiger charge is -2.33. The van der Waals surface area contributed by atoms with E-state index >= 15 is 0 Å². The number of aromatic nitrogens is 1. The fraction of sp³-hybridized carbons (Fsp3) is 0.458. The number of rotatable bonds is 10. The Kier molecular flexibility index (Phi) is 7.93. The highest BCUT2D eigenvalue weighted by atomic mass is 35.5. The van der Waals surface area contributed by atoms with Crippen molar-refractivity contribution in [1.29, 1.82) is 0 Å². The van der Waals surface area contributed by atoms with Gasteiger partial charge in [0.1, 0.15) is 27.8 Å². The zero-order valence-electron chi connectivity index (χ0n) is 20.0. The molecular formula is C24H30ClN3O6S. The Morgan fingerprint density at radius 2 is 1.77 bits per heavy atom. The minimum atomic E-state index is -3.64. The Hall–Kier alpha value is -2.69. The fourth-order valence-electron chi connectivity index (χ4n) is 4.15. The van der Waals surface area contributed by atoms with E-state index in [-0.39, 0.29) is 11.8 Å². The molecule has 1 aliphatic rings. The van der Waals surface area contributed by atoms with E-state index in [2.05, 4.69) is 15.2 Å². The van der Waals surface area contributed by atoms with Gasteiger partial charge in [0.15, 0.2) is 5.58 Å². The van der Waals surface area contributed by atoms with Gasteiger partial charge in [-0.25, -0.2) is 0 Å². The van der Waals surface area contributed by atoms with Gasteiger partial charge in [-0.2, -0.15) is 13.4 Å². The average Bonchev–Trinajstić information content (AvgIpc) is 3.23. The van der Waals surface area contributed by atoms with Crippen LogP contribution in [0, 0.1) is 0 Å². The van der Waals surface area contributed by atoms with Crippen LogP contribution in [0.5, 0.6) is 17.2 Å². The van der Waals surface area contributed by atoms with Crippen molar-refractivity contribution in [2.75, 3.05) is 37.5 Å². The highest BCUT2D eigenvalue weighted by Gasteiger charge is 2.26. The van der Waals surface area contributed by atoms with Crippen LogP contribution in [0.1, 0.15) is 32.3 Å². The molecule has 0 radical (unpaired) electrons. The molecular weight excluding hydrogens is 494 g/mol. The van der Waals surface area contributed by atoms with Crippen molar-refractivity contribution in [2.24, 2.45) is 0 Å². The highest BCUT2D eigenvalue weighted by molar-refractivity contribution is 7.86. The predicted octanol–water partition coefficient (Wildman–Crippen LogP) is 4.38. The summed E-state index contributed by atoms with van der Waals surface area (Å²) in [6, 6.07) is 9.26. The van der Waals surface area contributed by atoms with E-state index in [9.17, 15) is 8.42 Å². The summed E-state index contributed by atoms with van der Waals surface area (Å²) in [5.74, 6) is 1.33. The first-order valence-corrected chi connectivity index (χ1v) is 13.8. The van der Waals surface area contributed by atoms with Gasteiger partial charge < -0.3 is 28.3 Å². The van der Waals surface area contributed by atoms with Crippen molar-refractivity contribution in [3.63, 3.8) is 0 Å². The molecule has 3 aromatic rings. The van der Waals surface area contributed by atoms with E-state index in [1.165, 1.54) is 0 Å². The van der Waals surface area contributed by atoms with Gasteiger partial charge in [0.25, 0.3) is 6.01 Å². The highest BCUT2D eigenvalue weighted by Crippen LogP contribution is 2.37. The topological polar surface area (TPSA) is 103 Å². The summed E-state index contributed by atoms with van der Waals surface area (Å²) in [7, 11) is -3.64. The maximum Gasteiger partial charge on any atom is 0.306 e. The number of hydrogen-bond donors (Lipinski definition) is 1. The first-order chi connectivity index (χ1) is 16.8. The summed E-state index contributed by atoms with van der Waals surface area (Å²) >= 11 is 6.50. The number of ether oxygens (including phenoxy) is 2. The molecule has 0 unspecified atom stereocenters.